The number of nitrogens with zero attached hydrogens (tertiary/aromatic N) is 2. The van der Waals surface area contributed by atoms with Crippen LogP contribution in [0.2, 0.25) is 0 Å². The summed E-state index contributed by atoms with van der Waals surface area (Å²) < 4.78 is 28.5. The van der Waals surface area contributed by atoms with Crippen LogP contribution >= 0.6 is 0 Å². The molecule has 1 aromatic rings. The van der Waals surface area contributed by atoms with Crippen molar-refractivity contribution < 1.29 is 18.7 Å². The summed E-state index contributed by atoms with van der Waals surface area (Å²) in [7, 11) is 0. The lowest BCUT2D eigenvalue weighted by Gasteiger charge is -2.08. The molecule has 1 rings (SSSR count). The molecule has 0 atom stereocenters. The quantitative estimate of drug-likeness (QED) is 0.338. The van der Waals surface area contributed by atoms with Gasteiger partial charge in [0.05, 0.1) is 11.8 Å². The minimum absolute atomic E-state index is 0.0492. The maximum atomic E-state index is 11.9. The van der Waals surface area contributed by atoms with Crippen LogP contribution in [-0.2, 0) is 0 Å². The van der Waals surface area contributed by atoms with Crippen LogP contribution in [0.15, 0.2) is 23.6 Å². The highest BCUT2D eigenvalue weighted by Crippen LogP contribution is 2.16. The Kier molecular flexibility index (Phi) is 3.78. The summed E-state index contributed by atoms with van der Waals surface area (Å²) in [5.41, 5.74) is 5.52. The second-order valence-electron chi connectivity index (χ2n) is 2.56. The molecule has 1 aromatic heterocycles. The summed E-state index contributed by atoms with van der Waals surface area (Å²) >= 11 is 0. The number of pyridine rings is 1. The number of amidine groups is 1. The topological polar surface area (TPSA) is 80.7 Å². The van der Waals surface area contributed by atoms with Gasteiger partial charge < -0.3 is 15.7 Å². The van der Waals surface area contributed by atoms with E-state index < -0.39 is 13.0 Å². The summed E-state index contributed by atoms with van der Waals surface area (Å²) in [6.07, 6.45) is 0.00332. The predicted octanol–water partition coefficient (Wildman–Crippen LogP) is 0.820. The van der Waals surface area contributed by atoms with Crippen LogP contribution in [0.3, 0.4) is 0 Å². The molecule has 3 N–H and O–H groups in total. The molecule has 0 saturated heterocycles. The third-order valence-electron chi connectivity index (χ3n) is 1.53. The average molecular weight is 217 g/mol. The van der Waals surface area contributed by atoms with Gasteiger partial charge in [0.15, 0.2) is 5.84 Å². The zero-order valence-corrected chi connectivity index (χ0v) is 7.60. The maximum absolute atomic E-state index is 11.9. The highest BCUT2D eigenvalue weighted by molar-refractivity contribution is 5.99. The van der Waals surface area contributed by atoms with E-state index in [1.54, 1.807) is 0 Å². The predicted molar refractivity (Wildman–Crippen MR) is 48.2 cm³/mol. The number of rotatable bonds is 4. The summed E-state index contributed by atoms with van der Waals surface area (Å²) in [6, 6.07) is 1.40. The number of aromatic nitrogens is 1. The lowest BCUT2D eigenvalue weighted by Crippen LogP contribution is -2.16. The van der Waals surface area contributed by atoms with Crippen molar-refractivity contribution in [3.05, 3.63) is 24.0 Å². The van der Waals surface area contributed by atoms with Gasteiger partial charge in [0.1, 0.15) is 12.4 Å². The molecule has 0 bridgehead atoms. The second kappa shape index (κ2) is 5.08. The Hall–Kier alpha value is -1.92. The molecule has 0 spiro atoms. The van der Waals surface area contributed by atoms with Crippen LogP contribution in [0.5, 0.6) is 5.75 Å². The van der Waals surface area contributed by atoms with E-state index in [1.165, 1.54) is 18.5 Å². The van der Waals surface area contributed by atoms with E-state index in [9.17, 15) is 8.78 Å². The van der Waals surface area contributed by atoms with Gasteiger partial charge in [0, 0.05) is 6.20 Å². The van der Waals surface area contributed by atoms with E-state index >= 15 is 0 Å². The largest absolute Gasteiger partial charge is 0.485 e. The number of nitrogens with two attached hydrogens (primary N) is 1. The lowest BCUT2D eigenvalue weighted by atomic mass is 10.2. The number of hydrogen-bond acceptors (Lipinski definition) is 4. The molecule has 0 amide bonds. The number of alkyl halides is 2. The Morgan fingerprint density at radius 1 is 1.67 bits per heavy atom. The third kappa shape index (κ3) is 3.04. The van der Waals surface area contributed by atoms with E-state index in [0.717, 1.165) is 0 Å². The van der Waals surface area contributed by atoms with Crippen molar-refractivity contribution in [1.29, 1.82) is 0 Å². The summed E-state index contributed by atoms with van der Waals surface area (Å²) in [5.74, 6) is -0.172. The lowest BCUT2D eigenvalue weighted by molar-refractivity contribution is 0.0816. The number of halogens is 2. The molecular formula is C8H9F2N3O2. The van der Waals surface area contributed by atoms with Gasteiger partial charge >= 0.3 is 0 Å². The Morgan fingerprint density at radius 2 is 2.40 bits per heavy atom. The monoisotopic (exact) mass is 217 g/mol. The minimum Gasteiger partial charge on any atom is -0.485 e. The van der Waals surface area contributed by atoms with Gasteiger partial charge in [-0.3, -0.25) is 4.98 Å². The van der Waals surface area contributed by atoms with Crippen LogP contribution in [0.1, 0.15) is 5.56 Å². The SMILES string of the molecule is N/C(=N/O)c1ccncc1OCC(F)F. The van der Waals surface area contributed by atoms with E-state index in [1.807, 2.05) is 0 Å². The van der Waals surface area contributed by atoms with Gasteiger partial charge in [-0.2, -0.15) is 0 Å². The highest BCUT2D eigenvalue weighted by atomic mass is 19.3. The van der Waals surface area contributed by atoms with Crippen LogP contribution in [-0.4, -0.2) is 29.1 Å². The van der Waals surface area contributed by atoms with Crippen molar-refractivity contribution in [2.45, 2.75) is 6.43 Å². The van der Waals surface area contributed by atoms with Gasteiger partial charge in [-0.05, 0) is 6.07 Å². The fraction of sp³-hybridized carbons (Fsp3) is 0.250. The van der Waals surface area contributed by atoms with Crippen molar-refractivity contribution in [3.8, 4) is 5.75 Å². The summed E-state index contributed by atoms with van der Waals surface area (Å²) in [4.78, 5) is 3.68. The smallest absolute Gasteiger partial charge is 0.272 e. The van der Waals surface area contributed by atoms with E-state index in [2.05, 4.69) is 10.1 Å². The van der Waals surface area contributed by atoms with Crippen LogP contribution in [0, 0.1) is 0 Å². The van der Waals surface area contributed by atoms with Crippen molar-refractivity contribution in [2.24, 2.45) is 10.9 Å². The van der Waals surface area contributed by atoms with E-state index in [-0.39, 0.29) is 17.1 Å². The van der Waals surface area contributed by atoms with Crippen molar-refractivity contribution in [2.75, 3.05) is 6.61 Å². The fourth-order valence-corrected chi connectivity index (χ4v) is 0.913. The van der Waals surface area contributed by atoms with Crippen molar-refractivity contribution in [1.82, 2.24) is 4.98 Å². The van der Waals surface area contributed by atoms with Crippen molar-refractivity contribution >= 4 is 5.84 Å². The molecule has 0 saturated carbocycles. The van der Waals surface area contributed by atoms with Crippen LogP contribution in [0.25, 0.3) is 0 Å². The molecule has 0 radical (unpaired) electrons. The van der Waals surface area contributed by atoms with Gasteiger partial charge in [-0.1, -0.05) is 5.16 Å². The van der Waals surface area contributed by atoms with Gasteiger partial charge in [-0.25, -0.2) is 8.78 Å². The molecule has 0 aliphatic heterocycles. The molecule has 0 fully saturated rings. The molecule has 0 aliphatic carbocycles. The first-order chi connectivity index (χ1) is 7.15. The van der Waals surface area contributed by atoms with Crippen LogP contribution < -0.4 is 10.5 Å². The van der Waals surface area contributed by atoms with Crippen molar-refractivity contribution in [3.63, 3.8) is 0 Å². The Labute approximate surface area is 84.2 Å². The zero-order chi connectivity index (χ0) is 11.3. The Bertz CT molecular complexity index is 357. The first-order valence-electron chi connectivity index (χ1n) is 3.98. The average Bonchev–Trinajstić information content (AvgIpc) is 2.25. The normalized spacial score (nSPS) is 11.8. The molecule has 7 heteroatoms. The van der Waals surface area contributed by atoms with Gasteiger partial charge in [0.25, 0.3) is 6.43 Å². The second-order valence-corrected chi connectivity index (χ2v) is 2.56. The van der Waals surface area contributed by atoms with Gasteiger partial charge in [0.2, 0.25) is 0 Å². The fourth-order valence-electron chi connectivity index (χ4n) is 0.913. The Balaban J connectivity index is 2.87. The first-order valence-corrected chi connectivity index (χ1v) is 3.98. The van der Waals surface area contributed by atoms with Gasteiger partial charge in [-0.15, -0.1) is 0 Å². The zero-order valence-electron chi connectivity index (χ0n) is 7.60. The first kappa shape index (κ1) is 11.2. The van der Waals surface area contributed by atoms with Crippen LogP contribution in [0.4, 0.5) is 8.78 Å². The molecule has 82 valence electrons. The molecular weight excluding hydrogens is 208 g/mol. The maximum Gasteiger partial charge on any atom is 0.272 e. The molecule has 1 heterocycles. The molecule has 0 unspecified atom stereocenters. The van der Waals surface area contributed by atoms with E-state index in [4.69, 9.17) is 15.7 Å². The summed E-state index contributed by atoms with van der Waals surface area (Å²) in [5, 5.41) is 11.2. The number of hydrogen-bond donors (Lipinski definition) is 2. The number of ether oxygens (including phenoxy) is 1. The Morgan fingerprint density at radius 3 is 3.00 bits per heavy atom. The number of oxime groups is 1. The standard InChI is InChI=1S/C8H9F2N3O2/c9-7(10)4-15-6-3-12-2-1-5(6)8(11)13-14/h1-3,7,14H,4H2,(H2,11,13). The molecule has 15 heavy (non-hydrogen) atoms. The van der Waals surface area contributed by atoms with E-state index in [0.29, 0.717) is 0 Å². The molecule has 0 aliphatic rings. The summed E-state index contributed by atoms with van der Waals surface area (Å²) in [6.45, 7) is -0.766. The third-order valence-corrected chi connectivity index (χ3v) is 1.53. The minimum atomic E-state index is -2.59. The molecule has 5 nitrogen and oxygen atoms in total. The molecule has 0 aromatic carbocycles. The highest BCUT2D eigenvalue weighted by Gasteiger charge is 2.10.